The van der Waals surface area contributed by atoms with Crippen LogP contribution in [0.2, 0.25) is 0 Å². The summed E-state index contributed by atoms with van der Waals surface area (Å²) in [7, 11) is 0. The third-order valence-corrected chi connectivity index (χ3v) is 7.02. The second-order valence-corrected chi connectivity index (χ2v) is 9.06. The molecule has 1 atom stereocenters. The summed E-state index contributed by atoms with van der Waals surface area (Å²) in [6, 6.07) is 27.2. The van der Waals surface area contributed by atoms with E-state index in [1.807, 2.05) is 72.8 Å². The second-order valence-electron chi connectivity index (χ2n) is 9.06. The summed E-state index contributed by atoms with van der Waals surface area (Å²) >= 11 is 0. The van der Waals surface area contributed by atoms with Crippen LogP contribution in [0.4, 0.5) is 0 Å². The van der Waals surface area contributed by atoms with Crippen LogP contribution in [-0.2, 0) is 5.60 Å². The van der Waals surface area contributed by atoms with Gasteiger partial charge >= 0.3 is 0 Å². The molecule has 4 nitrogen and oxygen atoms in total. The molecule has 33 heavy (non-hydrogen) atoms. The Hall–Kier alpha value is -2.79. The third-order valence-electron chi connectivity index (χ3n) is 7.02. The highest BCUT2D eigenvalue weighted by molar-refractivity contribution is 5.74. The molecule has 1 fully saturated rings. The molecule has 3 aromatic carbocycles. The summed E-state index contributed by atoms with van der Waals surface area (Å²) in [6.07, 6.45) is 3.76. The molecular weight excluding hydrogens is 410 g/mol. The SMILES string of the molecule is O=Cc1ccc(C(O)CCCN2CCC(C(O)(c3ccccc3)c3ccccc3)CC2)cc1. The maximum absolute atomic E-state index is 12.0. The number of rotatable bonds is 9. The van der Waals surface area contributed by atoms with Crippen LogP contribution in [0, 0.1) is 5.92 Å². The number of carbonyl (C=O) groups is 1. The van der Waals surface area contributed by atoms with E-state index >= 15 is 0 Å². The van der Waals surface area contributed by atoms with E-state index in [4.69, 9.17) is 0 Å². The number of benzene rings is 3. The van der Waals surface area contributed by atoms with Gasteiger partial charge < -0.3 is 15.1 Å². The summed E-state index contributed by atoms with van der Waals surface area (Å²) in [5, 5.41) is 22.5. The van der Waals surface area contributed by atoms with Crippen molar-refractivity contribution < 1.29 is 15.0 Å². The van der Waals surface area contributed by atoms with Gasteiger partial charge in [-0.2, -0.15) is 0 Å². The molecule has 0 saturated carbocycles. The maximum Gasteiger partial charge on any atom is 0.150 e. The number of nitrogens with zero attached hydrogens (tertiary/aromatic N) is 1. The summed E-state index contributed by atoms with van der Waals surface area (Å²) in [5.74, 6) is 0.153. The van der Waals surface area contributed by atoms with Crippen molar-refractivity contribution in [3.05, 3.63) is 107 Å². The van der Waals surface area contributed by atoms with Crippen molar-refractivity contribution in [1.29, 1.82) is 0 Å². The Morgan fingerprint density at radius 1 is 0.879 bits per heavy atom. The largest absolute Gasteiger partial charge is 0.388 e. The predicted octanol–water partition coefficient (Wildman–Crippen LogP) is 4.96. The molecule has 0 aliphatic carbocycles. The minimum Gasteiger partial charge on any atom is -0.388 e. The number of aldehydes is 1. The third kappa shape index (κ3) is 5.41. The highest BCUT2D eigenvalue weighted by atomic mass is 16.3. The molecule has 2 N–H and O–H groups in total. The topological polar surface area (TPSA) is 60.8 Å². The van der Waals surface area contributed by atoms with Crippen LogP contribution in [0.25, 0.3) is 0 Å². The van der Waals surface area contributed by atoms with Gasteiger partial charge in [0.05, 0.1) is 6.10 Å². The number of piperidine rings is 1. The van der Waals surface area contributed by atoms with Gasteiger partial charge in [0.15, 0.2) is 0 Å². The van der Waals surface area contributed by atoms with Gasteiger partial charge in [-0.3, -0.25) is 4.79 Å². The van der Waals surface area contributed by atoms with Crippen molar-refractivity contribution in [2.75, 3.05) is 19.6 Å². The molecule has 1 aliphatic rings. The van der Waals surface area contributed by atoms with Gasteiger partial charge in [-0.25, -0.2) is 0 Å². The lowest BCUT2D eigenvalue weighted by atomic mass is 9.72. The van der Waals surface area contributed by atoms with Gasteiger partial charge in [-0.05, 0) is 67.9 Å². The molecule has 1 unspecified atom stereocenters. The van der Waals surface area contributed by atoms with Gasteiger partial charge in [-0.15, -0.1) is 0 Å². The Morgan fingerprint density at radius 3 is 1.94 bits per heavy atom. The Kier molecular flexibility index (Phi) is 7.71. The van der Waals surface area contributed by atoms with Crippen molar-refractivity contribution in [2.45, 2.75) is 37.4 Å². The minimum atomic E-state index is -0.988. The number of aliphatic hydroxyl groups is 2. The number of likely N-dealkylation sites (tertiary alicyclic amines) is 1. The lowest BCUT2D eigenvalue weighted by molar-refractivity contribution is -0.0146. The normalized spacial score (nSPS) is 16.4. The number of aliphatic hydroxyl groups excluding tert-OH is 1. The highest BCUT2D eigenvalue weighted by Crippen LogP contribution is 2.41. The van der Waals surface area contributed by atoms with E-state index < -0.39 is 11.7 Å². The molecule has 4 rings (SSSR count). The minimum absolute atomic E-state index is 0.153. The zero-order valence-electron chi connectivity index (χ0n) is 19.0. The van der Waals surface area contributed by atoms with E-state index in [1.54, 1.807) is 12.1 Å². The fraction of sp³-hybridized carbons (Fsp3) is 0.345. The first-order valence-corrected chi connectivity index (χ1v) is 11.9. The molecule has 1 heterocycles. The van der Waals surface area contributed by atoms with Crippen LogP contribution >= 0.6 is 0 Å². The first-order chi connectivity index (χ1) is 16.1. The average molecular weight is 444 g/mol. The Balaban J connectivity index is 1.33. The molecule has 3 aromatic rings. The summed E-state index contributed by atoms with van der Waals surface area (Å²) < 4.78 is 0. The zero-order chi connectivity index (χ0) is 23.1. The first kappa shape index (κ1) is 23.4. The molecule has 0 spiro atoms. The van der Waals surface area contributed by atoms with E-state index in [0.29, 0.717) is 12.0 Å². The molecule has 172 valence electrons. The van der Waals surface area contributed by atoms with E-state index in [-0.39, 0.29) is 5.92 Å². The van der Waals surface area contributed by atoms with E-state index in [1.165, 1.54) is 0 Å². The Bertz CT molecular complexity index is 957. The van der Waals surface area contributed by atoms with E-state index in [0.717, 1.165) is 61.9 Å². The van der Waals surface area contributed by atoms with Crippen molar-refractivity contribution in [3.63, 3.8) is 0 Å². The molecule has 0 amide bonds. The van der Waals surface area contributed by atoms with Gasteiger partial charge in [0.25, 0.3) is 0 Å². The van der Waals surface area contributed by atoms with Gasteiger partial charge in [-0.1, -0.05) is 84.9 Å². The first-order valence-electron chi connectivity index (χ1n) is 11.9. The van der Waals surface area contributed by atoms with Crippen LogP contribution in [0.5, 0.6) is 0 Å². The molecular formula is C29H33NO3. The van der Waals surface area contributed by atoms with Crippen molar-refractivity contribution >= 4 is 6.29 Å². The molecule has 1 aliphatic heterocycles. The fourth-order valence-corrected chi connectivity index (χ4v) is 5.07. The van der Waals surface area contributed by atoms with Crippen LogP contribution < -0.4 is 0 Å². The average Bonchev–Trinajstić information content (AvgIpc) is 2.89. The number of hydrogen-bond acceptors (Lipinski definition) is 4. The number of hydrogen-bond donors (Lipinski definition) is 2. The van der Waals surface area contributed by atoms with Crippen LogP contribution in [0.1, 0.15) is 58.8 Å². The van der Waals surface area contributed by atoms with Gasteiger partial charge in [0.1, 0.15) is 11.9 Å². The van der Waals surface area contributed by atoms with E-state index in [9.17, 15) is 15.0 Å². The van der Waals surface area contributed by atoms with Crippen LogP contribution in [0.15, 0.2) is 84.9 Å². The maximum atomic E-state index is 12.0. The standard InChI is InChI=1S/C29H33NO3/c31-22-23-13-15-24(16-14-23)28(32)12-7-19-30-20-17-27(18-21-30)29(33,25-8-3-1-4-9-25)26-10-5-2-6-11-26/h1-6,8-11,13-16,22,27-28,32-33H,7,12,17-21H2. The van der Waals surface area contributed by atoms with Crippen molar-refractivity contribution in [3.8, 4) is 0 Å². The Labute approximate surface area is 196 Å². The number of carbonyl (C=O) groups excluding carboxylic acids is 1. The molecule has 0 bridgehead atoms. The lowest BCUT2D eigenvalue weighted by Gasteiger charge is -2.42. The van der Waals surface area contributed by atoms with E-state index in [2.05, 4.69) is 4.90 Å². The zero-order valence-corrected chi connectivity index (χ0v) is 19.0. The summed E-state index contributed by atoms with van der Waals surface area (Å²) in [5.41, 5.74) is 2.41. The van der Waals surface area contributed by atoms with Crippen LogP contribution in [0.3, 0.4) is 0 Å². The summed E-state index contributed by atoms with van der Waals surface area (Å²) in [4.78, 5) is 13.2. The highest BCUT2D eigenvalue weighted by Gasteiger charge is 2.41. The monoisotopic (exact) mass is 443 g/mol. The van der Waals surface area contributed by atoms with Gasteiger partial charge in [0.2, 0.25) is 0 Å². The smallest absolute Gasteiger partial charge is 0.150 e. The van der Waals surface area contributed by atoms with Gasteiger partial charge in [0, 0.05) is 5.56 Å². The molecule has 1 saturated heterocycles. The summed E-state index contributed by atoms with van der Waals surface area (Å²) in [6.45, 7) is 2.82. The quantitative estimate of drug-likeness (QED) is 0.459. The molecule has 0 aromatic heterocycles. The predicted molar refractivity (Wildman–Crippen MR) is 131 cm³/mol. The second kappa shape index (κ2) is 10.9. The van der Waals surface area contributed by atoms with Crippen molar-refractivity contribution in [2.24, 2.45) is 5.92 Å². The fourth-order valence-electron chi connectivity index (χ4n) is 5.07. The van der Waals surface area contributed by atoms with Crippen LogP contribution in [-0.4, -0.2) is 41.0 Å². The Morgan fingerprint density at radius 2 is 1.42 bits per heavy atom. The lowest BCUT2D eigenvalue weighted by Crippen LogP contribution is -2.44. The van der Waals surface area contributed by atoms with Crippen molar-refractivity contribution in [1.82, 2.24) is 4.90 Å². The molecule has 0 radical (unpaired) electrons. The molecule has 4 heteroatoms.